The summed E-state index contributed by atoms with van der Waals surface area (Å²) in [5.74, 6) is 1.07. The van der Waals surface area contributed by atoms with Crippen molar-refractivity contribution in [2.45, 2.75) is 66.3 Å². The average molecular weight is 491 g/mol. The van der Waals surface area contributed by atoms with Gasteiger partial charge in [-0.15, -0.1) is 13.2 Å². The molecule has 0 radical (unpaired) electrons. The largest absolute Gasteiger partial charge is 0.573 e. The number of aromatic nitrogens is 2. The zero-order valence-corrected chi connectivity index (χ0v) is 20.7. The summed E-state index contributed by atoms with van der Waals surface area (Å²) in [5.41, 5.74) is 9.42. The van der Waals surface area contributed by atoms with Crippen LogP contribution in [-0.2, 0) is 4.79 Å². The maximum absolute atomic E-state index is 12.5. The predicted octanol–water partition coefficient (Wildman–Crippen LogP) is 6.78. The molecule has 3 N–H and O–H groups in total. The number of benzene rings is 2. The minimum absolute atomic E-state index is 0.229. The normalized spacial score (nSPS) is 19.5. The maximum atomic E-state index is 12.5. The van der Waals surface area contributed by atoms with Crippen molar-refractivity contribution in [2.24, 2.45) is 17.1 Å². The van der Waals surface area contributed by atoms with Crippen LogP contribution in [0.1, 0.15) is 57.2 Å². The molecule has 1 aliphatic carbocycles. The first-order chi connectivity index (χ1) is 16.3. The monoisotopic (exact) mass is 490 g/mol. The second-order valence-corrected chi connectivity index (χ2v) is 10.1. The van der Waals surface area contributed by atoms with Gasteiger partial charge in [0.2, 0.25) is 12.4 Å². The molecule has 190 valence electrons. The molecule has 0 unspecified atom stereocenters. The van der Waals surface area contributed by atoms with Gasteiger partial charge in [0.1, 0.15) is 5.75 Å². The first kappa shape index (κ1) is 26.4. The van der Waals surface area contributed by atoms with Crippen molar-refractivity contribution in [1.29, 1.82) is 0 Å². The molecule has 0 spiro atoms. The van der Waals surface area contributed by atoms with Gasteiger partial charge in [-0.05, 0) is 85.9 Å². The molecule has 1 saturated carbocycles. The van der Waals surface area contributed by atoms with E-state index in [0.717, 1.165) is 29.4 Å². The van der Waals surface area contributed by atoms with Crippen molar-refractivity contribution < 1.29 is 22.7 Å². The van der Waals surface area contributed by atoms with E-state index in [1.54, 1.807) is 12.1 Å². The molecule has 9 heteroatoms. The van der Waals surface area contributed by atoms with Gasteiger partial charge in [-0.3, -0.25) is 4.79 Å². The number of nitrogens with one attached hydrogen (secondary N) is 1. The lowest BCUT2D eigenvalue weighted by Crippen LogP contribution is -2.29. The third-order valence-electron chi connectivity index (χ3n) is 6.46. The molecular weight excluding hydrogens is 457 g/mol. The summed E-state index contributed by atoms with van der Waals surface area (Å²) in [4.78, 5) is 13.5. The van der Waals surface area contributed by atoms with E-state index in [1.165, 1.54) is 24.1 Å². The Balaban J connectivity index is 0.00000108. The van der Waals surface area contributed by atoms with Crippen LogP contribution in [-0.4, -0.2) is 22.3 Å². The quantitative estimate of drug-likeness (QED) is 0.395. The third kappa shape index (κ3) is 6.46. The zero-order chi connectivity index (χ0) is 26.0. The lowest BCUT2D eigenvalue weighted by Gasteiger charge is -2.40. The van der Waals surface area contributed by atoms with Crippen molar-refractivity contribution in [2.75, 3.05) is 5.32 Å². The Bertz CT molecular complexity index is 1170. The van der Waals surface area contributed by atoms with Gasteiger partial charge in [0.15, 0.2) is 0 Å². The Morgan fingerprint density at radius 2 is 1.77 bits per heavy atom. The Kier molecular flexibility index (Phi) is 7.67. The van der Waals surface area contributed by atoms with Gasteiger partial charge >= 0.3 is 6.36 Å². The van der Waals surface area contributed by atoms with Crippen molar-refractivity contribution in [1.82, 2.24) is 9.55 Å². The highest BCUT2D eigenvalue weighted by atomic mass is 19.4. The summed E-state index contributed by atoms with van der Waals surface area (Å²) in [7, 11) is 0. The van der Waals surface area contributed by atoms with E-state index in [9.17, 15) is 13.2 Å². The topological polar surface area (TPSA) is 82.2 Å². The van der Waals surface area contributed by atoms with Crippen LogP contribution in [0.4, 0.5) is 24.8 Å². The van der Waals surface area contributed by atoms with E-state index in [1.807, 2.05) is 0 Å². The molecule has 1 heterocycles. The van der Waals surface area contributed by atoms with Gasteiger partial charge in [-0.25, -0.2) is 4.98 Å². The minimum atomic E-state index is -4.71. The number of hydrogen-bond acceptors (Lipinski definition) is 4. The average Bonchev–Trinajstić information content (AvgIpc) is 3.09. The fraction of sp³-hybridized carbons (Fsp3) is 0.462. The zero-order valence-electron chi connectivity index (χ0n) is 20.7. The second kappa shape index (κ2) is 10.2. The SMILES string of the molecule is Cc1ccc2c(nc(Nc3ccc(OC(F)(F)F)cc3)n2[C@@H]2C[C@@H](C)CC(C)(C)C2)c1C.NC=O. The molecule has 1 amide bonds. The lowest BCUT2D eigenvalue weighted by molar-refractivity contribution is -0.274. The van der Waals surface area contributed by atoms with Crippen LogP contribution in [0.25, 0.3) is 11.0 Å². The number of primary amides is 1. The first-order valence-electron chi connectivity index (χ1n) is 11.6. The summed E-state index contributed by atoms with van der Waals surface area (Å²) in [6.45, 7) is 11.1. The number of fused-ring (bicyclic) bond motifs is 1. The highest BCUT2D eigenvalue weighted by molar-refractivity contribution is 5.84. The molecule has 1 aromatic heterocycles. The Morgan fingerprint density at radius 3 is 2.34 bits per heavy atom. The van der Waals surface area contributed by atoms with Gasteiger partial charge in [0.05, 0.1) is 11.0 Å². The van der Waals surface area contributed by atoms with Gasteiger partial charge in [-0.1, -0.05) is 26.8 Å². The number of alkyl halides is 3. The number of ether oxygens (including phenoxy) is 1. The Hall–Kier alpha value is -3.23. The Labute approximate surface area is 203 Å². The van der Waals surface area contributed by atoms with Crippen LogP contribution in [0.15, 0.2) is 36.4 Å². The fourth-order valence-corrected chi connectivity index (χ4v) is 5.22. The molecular formula is C26H33F3N4O2. The number of hydrogen-bond donors (Lipinski definition) is 2. The van der Waals surface area contributed by atoms with Gasteiger partial charge in [0, 0.05) is 11.7 Å². The van der Waals surface area contributed by atoms with Crippen LogP contribution in [0.3, 0.4) is 0 Å². The molecule has 35 heavy (non-hydrogen) atoms. The number of carbonyl (C=O) groups excluding carboxylic acids is 1. The van der Waals surface area contributed by atoms with Crippen LogP contribution < -0.4 is 15.8 Å². The van der Waals surface area contributed by atoms with E-state index in [4.69, 9.17) is 9.78 Å². The number of halogens is 3. The van der Waals surface area contributed by atoms with Crippen molar-refractivity contribution >= 4 is 29.1 Å². The van der Waals surface area contributed by atoms with E-state index < -0.39 is 6.36 Å². The molecule has 0 bridgehead atoms. The highest BCUT2D eigenvalue weighted by Crippen LogP contribution is 2.46. The Morgan fingerprint density at radius 1 is 1.14 bits per heavy atom. The number of aryl methyl sites for hydroxylation is 2. The molecule has 4 rings (SSSR count). The first-order valence-corrected chi connectivity index (χ1v) is 11.6. The predicted molar refractivity (Wildman–Crippen MR) is 132 cm³/mol. The number of rotatable bonds is 4. The molecule has 3 aromatic rings. The van der Waals surface area contributed by atoms with Gasteiger partial charge in [0.25, 0.3) is 0 Å². The summed E-state index contributed by atoms with van der Waals surface area (Å²) < 4.78 is 43.7. The van der Waals surface area contributed by atoms with E-state index >= 15 is 0 Å². The maximum Gasteiger partial charge on any atom is 0.573 e. The highest BCUT2D eigenvalue weighted by Gasteiger charge is 2.35. The van der Waals surface area contributed by atoms with Crippen molar-refractivity contribution in [3.05, 3.63) is 47.5 Å². The lowest BCUT2D eigenvalue weighted by atomic mass is 9.70. The smallest absolute Gasteiger partial charge is 0.406 e. The van der Waals surface area contributed by atoms with E-state index in [0.29, 0.717) is 17.6 Å². The molecule has 0 aliphatic heterocycles. The summed E-state index contributed by atoms with van der Waals surface area (Å²) in [6.07, 6.45) is -1.15. The van der Waals surface area contributed by atoms with Crippen LogP contribution in [0, 0.1) is 25.2 Å². The minimum Gasteiger partial charge on any atom is -0.406 e. The molecule has 0 saturated heterocycles. The van der Waals surface area contributed by atoms with Gasteiger partial charge in [-0.2, -0.15) is 0 Å². The number of amides is 1. The number of anilines is 2. The standard InChI is InChI=1S/C25H30F3N3O.CH3NO/c1-15-12-19(14-24(4,5)13-15)31-21-11-6-16(2)17(3)22(21)30-23(31)29-18-7-9-20(10-8-18)32-25(26,27)28;2-1-3/h6-11,15,19H,12-14H2,1-5H3,(H,29,30);1H,(H2,2,3)/t15-,19-;/m1./s1. The van der Waals surface area contributed by atoms with Crippen molar-refractivity contribution in [3.63, 3.8) is 0 Å². The second-order valence-electron chi connectivity index (χ2n) is 10.1. The number of imidazole rings is 1. The van der Waals surface area contributed by atoms with Crippen LogP contribution in [0.2, 0.25) is 0 Å². The van der Waals surface area contributed by atoms with E-state index in [-0.39, 0.29) is 23.6 Å². The van der Waals surface area contributed by atoms with E-state index in [2.05, 4.69) is 67.1 Å². The summed E-state index contributed by atoms with van der Waals surface area (Å²) >= 11 is 0. The summed E-state index contributed by atoms with van der Waals surface area (Å²) in [6, 6.07) is 10.3. The molecule has 2 aromatic carbocycles. The molecule has 6 nitrogen and oxygen atoms in total. The number of carbonyl (C=O) groups is 1. The number of nitrogens with zero attached hydrogens (tertiary/aromatic N) is 2. The molecule has 1 fully saturated rings. The third-order valence-corrected chi connectivity index (χ3v) is 6.46. The molecule has 2 atom stereocenters. The van der Waals surface area contributed by atoms with Crippen LogP contribution >= 0.6 is 0 Å². The van der Waals surface area contributed by atoms with Gasteiger partial charge < -0.3 is 20.4 Å². The fourth-order valence-electron chi connectivity index (χ4n) is 5.22. The van der Waals surface area contributed by atoms with Crippen LogP contribution in [0.5, 0.6) is 5.75 Å². The van der Waals surface area contributed by atoms with Crippen molar-refractivity contribution in [3.8, 4) is 5.75 Å². The summed E-state index contributed by atoms with van der Waals surface area (Å²) in [5, 5.41) is 3.35. The number of nitrogens with two attached hydrogens (primary N) is 1. The molecule has 1 aliphatic rings.